The molecule has 2 aromatic heterocycles. The lowest BCUT2D eigenvalue weighted by Crippen LogP contribution is -2.42. The summed E-state index contributed by atoms with van der Waals surface area (Å²) in [5.41, 5.74) is 2.22. The van der Waals surface area contributed by atoms with Gasteiger partial charge in [0.05, 0.1) is 6.33 Å². The number of imidazole rings is 1. The van der Waals surface area contributed by atoms with E-state index in [1.165, 1.54) is 18.1 Å². The van der Waals surface area contributed by atoms with E-state index < -0.39 is 22.8 Å². The van der Waals surface area contributed by atoms with Crippen LogP contribution in [0.15, 0.2) is 36.9 Å². The summed E-state index contributed by atoms with van der Waals surface area (Å²) in [5.74, 6) is 0.351. The van der Waals surface area contributed by atoms with Crippen molar-refractivity contribution in [2.24, 2.45) is 0 Å². The largest absolute Gasteiger partial charge is 0.389 e. The van der Waals surface area contributed by atoms with Crippen LogP contribution >= 0.6 is 34.4 Å². The zero-order chi connectivity index (χ0) is 21.5. The Kier molecular flexibility index (Phi) is 5.75. The van der Waals surface area contributed by atoms with E-state index in [1.54, 1.807) is 10.9 Å². The number of aliphatic hydroxyl groups is 2. The number of thioether (sulfide) groups is 1. The lowest BCUT2D eigenvalue weighted by molar-refractivity contribution is -0.123. The van der Waals surface area contributed by atoms with Crippen LogP contribution in [0.2, 0.25) is 0 Å². The second kappa shape index (κ2) is 8.52. The molecule has 1 saturated heterocycles. The molecular formula is C20H21IN6O3S. The van der Waals surface area contributed by atoms with Crippen molar-refractivity contribution in [3.05, 3.63) is 46.1 Å². The molecule has 4 atom stereocenters. The van der Waals surface area contributed by atoms with E-state index in [9.17, 15) is 15.0 Å². The van der Waals surface area contributed by atoms with Crippen LogP contribution in [0.5, 0.6) is 0 Å². The van der Waals surface area contributed by atoms with Gasteiger partial charge >= 0.3 is 0 Å². The first kappa shape index (κ1) is 20.9. The molecule has 1 unspecified atom stereocenters. The number of fused-ring (bicyclic) bond motifs is 1. The molecule has 0 bridgehead atoms. The molecular weight excluding hydrogens is 531 g/mol. The first-order valence-electron chi connectivity index (χ1n) is 9.99. The van der Waals surface area contributed by atoms with E-state index in [0.29, 0.717) is 23.5 Å². The molecule has 3 aromatic rings. The third-order valence-electron chi connectivity index (χ3n) is 5.40. The van der Waals surface area contributed by atoms with Gasteiger partial charge in [0, 0.05) is 16.2 Å². The van der Waals surface area contributed by atoms with Crippen LogP contribution < -0.4 is 10.6 Å². The number of aromatic nitrogens is 4. The van der Waals surface area contributed by atoms with E-state index in [-0.39, 0.29) is 11.9 Å². The maximum atomic E-state index is 12.5. The van der Waals surface area contributed by atoms with Crippen molar-refractivity contribution in [3.63, 3.8) is 0 Å². The molecule has 162 valence electrons. The second-order valence-corrected chi connectivity index (χ2v) is 10.2. The highest BCUT2D eigenvalue weighted by Gasteiger charge is 2.48. The van der Waals surface area contributed by atoms with Crippen LogP contribution in [0.3, 0.4) is 0 Å². The van der Waals surface area contributed by atoms with Crippen molar-refractivity contribution in [2.75, 3.05) is 5.32 Å². The summed E-state index contributed by atoms with van der Waals surface area (Å²) in [6.07, 6.45) is 2.67. The minimum absolute atomic E-state index is 0.194. The Hall–Kier alpha value is -1.96. The topological polar surface area (TPSA) is 125 Å². The van der Waals surface area contributed by atoms with E-state index in [4.69, 9.17) is 0 Å². The average Bonchev–Trinajstić information content (AvgIpc) is 3.39. The number of carbonyl (C=O) groups is 1. The molecule has 31 heavy (non-hydrogen) atoms. The van der Waals surface area contributed by atoms with Crippen molar-refractivity contribution in [3.8, 4) is 0 Å². The molecule has 2 aliphatic rings. The van der Waals surface area contributed by atoms with Gasteiger partial charge < -0.3 is 20.8 Å². The molecule has 1 amide bonds. The number of nitrogens with one attached hydrogen (secondary N) is 2. The summed E-state index contributed by atoms with van der Waals surface area (Å²) in [7, 11) is 0. The maximum Gasteiger partial charge on any atom is 0.236 e. The van der Waals surface area contributed by atoms with Gasteiger partial charge in [0.15, 0.2) is 11.5 Å². The maximum absolute atomic E-state index is 12.5. The van der Waals surface area contributed by atoms with Crippen molar-refractivity contribution in [1.29, 1.82) is 0 Å². The van der Waals surface area contributed by atoms with Crippen LogP contribution in [0, 0.1) is 3.57 Å². The monoisotopic (exact) mass is 552 g/mol. The number of benzene rings is 1. The minimum Gasteiger partial charge on any atom is -0.389 e. The van der Waals surface area contributed by atoms with Crippen LogP contribution in [-0.2, 0) is 11.3 Å². The number of hydrogen-bond acceptors (Lipinski definition) is 8. The summed E-state index contributed by atoms with van der Waals surface area (Å²) in [6, 6.07) is 8.35. The number of anilines is 1. The quantitative estimate of drug-likeness (QED) is 0.341. The molecule has 0 radical (unpaired) electrons. The van der Waals surface area contributed by atoms with Gasteiger partial charge in [-0.3, -0.25) is 9.36 Å². The van der Waals surface area contributed by atoms with Crippen molar-refractivity contribution >= 4 is 57.2 Å². The van der Waals surface area contributed by atoms with Crippen LogP contribution in [0.1, 0.15) is 23.8 Å². The Bertz CT molecular complexity index is 1120. The van der Waals surface area contributed by atoms with Gasteiger partial charge in [-0.2, -0.15) is 0 Å². The lowest BCUT2D eigenvalue weighted by Gasteiger charge is -2.17. The van der Waals surface area contributed by atoms with Gasteiger partial charge in [0.1, 0.15) is 34.7 Å². The van der Waals surface area contributed by atoms with Gasteiger partial charge in [-0.05, 0) is 53.1 Å². The number of rotatable bonds is 6. The fraction of sp³-hybridized carbons (Fsp3) is 0.400. The summed E-state index contributed by atoms with van der Waals surface area (Å²) < 4.78 is 2.86. The van der Waals surface area contributed by atoms with Crippen LogP contribution in [0.25, 0.3) is 11.2 Å². The predicted octanol–water partition coefficient (Wildman–Crippen LogP) is 1.66. The number of nitrogens with zero attached hydrogens (tertiary/aromatic N) is 4. The number of aliphatic hydroxyl groups excluding tert-OH is 2. The highest BCUT2D eigenvalue weighted by Crippen LogP contribution is 2.43. The number of amides is 1. The van der Waals surface area contributed by atoms with Crippen molar-refractivity contribution in [2.45, 2.75) is 48.3 Å². The number of hydrogen-bond donors (Lipinski definition) is 4. The molecule has 1 aliphatic heterocycles. The molecule has 3 heterocycles. The number of halogens is 1. The zero-order valence-corrected chi connectivity index (χ0v) is 19.3. The zero-order valence-electron chi connectivity index (χ0n) is 16.3. The Morgan fingerprint density at radius 1 is 1.23 bits per heavy atom. The highest BCUT2D eigenvalue weighted by atomic mass is 127. The lowest BCUT2D eigenvalue weighted by atomic mass is 10.1. The molecule has 1 saturated carbocycles. The Balaban J connectivity index is 1.37. The Morgan fingerprint density at radius 3 is 2.84 bits per heavy atom. The molecule has 4 N–H and O–H groups in total. The fourth-order valence-corrected chi connectivity index (χ4v) is 5.65. The Morgan fingerprint density at radius 2 is 2.06 bits per heavy atom. The smallest absolute Gasteiger partial charge is 0.236 e. The molecule has 11 heteroatoms. The summed E-state index contributed by atoms with van der Waals surface area (Å²) in [4.78, 5) is 25.6. The van der Waals surface area contributed by atoms with Crippen molar-refractivity contribution < 1.29 is 15.0 Å². The summed E-state index contributed by atoms with van der Waals surface area (Å²) in [5, 5.41) is 26.0. The van der Waals surface area contributed by atoms with Gasteiger partial charge in [0.2, 0.25) is 5.91 Å². The summed E-state index contributed by atoms with van der Waals surface area (Å²) >= 11 is 3.50. The standard InChI is InChI=1S/C20H21IN6O3S/c21-11-3-1-2-10(6-11)7-22-17-13-18(24-8-23-17)27(9-25-13)20-15(29)14(28)16(31-20)19(30)26-12-4-5-12/h1-3,6,8-9,12,14-16,20,28-29H,4-5,7H2,(H,26,30)(H,22,23,24)/t14-,15+,16?,20+/m0/s1. The first-order valence-corrected chi connectivity index (χ1v) is 12.0. The van der Waals surface area contributed by atoms with Gasteiger partial charge in [-0.15, -0.1) is 11.8 Å². The third kappa shape index (κ3) is 4.23. The molecule has 5 rings (SSSR count). The summed E-state index contributed by atoms with van der Waals surface area (Å²) in [6.45, 7) is 0.582. The third-order valence-corrected chi connectivity index (χ3v) is 7.64. The van der Waals surface area contributed by atoms with E-state index in [0.717, 1.165) is 22.0 Å². The van der Waals surface area contributed by atoms with Crippen molar-refractivity contribution in [1.82, 2.24) is 24.8 Å². The molecule has 1 aromatic carbocycles. The average molecular weight is 552 g/mol. The van der Waals surface area contributed by atoms with E-state index in [2.05, 4.69) is 54.2 Å². The molecule has 0 spiro atoms. The molecule has 1 aliphatic carbocycles. The predicted molar refractivity (Wildman–Crippen MR) is 125 cm³/mol. The van der Waals surface area contributed by atoms with Crippen LogP contribution in [0.4, 0.5) is 5.82 Å². The second-order valence-electron chi connectivity index (χ2n) is 7.74. The first-order chi connectivity index (χ1) is 15.0. The minimum atomic E-state index is -1.16. The van der Waals surface area contributed by atoms with E-state index in [1.807, 2.05) is 18.2 Å². The number of carbonyl (C=O) groups excluding carboxylic acids is 1. The SMILES string of the molecule is O=C(NC1CC1)C1S[C@@H](n2cnc3c(NCc4cccc(I)c4)ncnc32)[C@H](O)[C@@H]1O. The van der Waals surface area contributed by atoms with Crippen LogP contribution in [-0.4, -0.2) is 59.1 Å². The molecule has 9 nitrogen and oxygen atoms in total. The van der Waals surface area contributed by atoms with E-state index >= 15 is 0 Å². The highest BCUT2D eigenvalue weighted by molar-refractivity contribution is 14.1. The van der Waals surface area contributed by atoms with Gasteiger partial charge in [-0.25, -0.2) is 15.0 Å². The van der Waals surface area contributed by atoms with Gasteiger partial charge in [-0.1, -0.05) is 12.1 Å². The molecule has 2 fully saturated rings. The fourth-order valence-electron chi connectivity index (χ4n) is 3.62. The Labute approximate surface area is 196 Å². The van der Waals surface area contributed by atoms with Gasteiger partial charge in [0.25, 0.3) is 0 Å². The normalized spacial score (nSPS) is 25.6.